The van der Waals surface area contributed by atoms with Crippen LogP contribution < -0.4 is 5.73 Å². The third-order valence-corrected chi connectivity index (χ3v) is 6.67. The van der Waals surface area contributed by atoms with E-state index in [0.29, 0.717) is 13.2 Å². The van der Waals surface area contributed by atoms with Gasteiger partial charge in [0, 0.05) is 30.2 Å². The molecule has 2 N–H and O–H groups in total. The van der Waals surface area contributed by atoms with Gasteiger partial charge in [-0.2, -0.15) is 0 Å². The van der Waals surface area contributed by atoms with E-state index in [1.807, 2.05) is 6.92 Å². The summed E-state index contributed by atoms with van der Waals surface area (Å²) in [7, 11) is -3.24. The van der Waals surface area contributed by atoms with Gasteiger partial charge in [-0.05, 0) is 24.6 Å². The lowest BCUT2D eigenvalue weighted by atomic mass is 10.00. The van der Waals surface area contributed by atoms with Crippen LogP contribution in [0.15, 0.2) is 24.3 Å². The lowest BCUT2D eigenvalue weighted by Gasteiger charge is -2.15. The first-order valence-corrected chi connectivity index (χ1v) is 8.89. The van der Waals surface area contributed by atoms with E-state index in [0.717, 1.165) is 5.56 Å². The minimum Gasteiger partial charge on any atom is -0.381 e. The predicted molar refractivity (Wildman–Crippen MR) is 80.4 cm³/mol. The fourth-order valence-corrected chi connectivity index (χ4v) is 5.29. The second-order valence-corrected chi connectivity index (χ2v) is 7.89. The molecule has 1 fully saturated rings. The lowest BCUT2D eigenvalue weighted by Crippen LogP contribution is -2.29. The first-order chi connectivity index (χ1) is 9.93. The van der Waals surface area contributed by atoms with Crippen molar-refractivity contribution < 1.29 is 17.5 Å². The van der Waals surface area contributed by atoms with Crippen molar-refractivity contribution in [3.8, 4) is 0 Å². The van der Waals surface area contributed by atoms with E-state index in [1.165, 1.54) is 12.1 Å². The van der Waals surface area contributed by atoms with E-state index < -0.39 is 20.5 Å². The quantitative estimate of drug-likeness (QED) is 0.831. The van der Waals surface area contributed by atoms with E-state index in [2.05, 4.69) is 0 Å². The molecule has 0 aromatic heterocycles. The molecule has 0 amide bonds. The molecular weight excluding hydrogens is 293 g/mol. The molecule has 0 spiro atoms. The summed E-state index contributed by atoms with van der Waals surface area (Å²) in [6.07, 6.45) is 0. The van der Waals surface area contributed by atoms with Crippen molar-refractivity contribution in [1.29, 1.82) is 0 Å². The molecule has 21 heavy (non-hydrogen) atoms. The van der Waals surface area contributed by atoms with Gasteiger partial charge in [0.1, 0.15) is 5.82 Å². The minimum atomic E-state index is -3.24. The van der Waals surface area contributed by atoms with E-state index >= 15 is 0 Å². The molecule has 1 aromatic rings. The van der Waals surface area contributed by atoms with E-state index in [1.54, 1.807) is 19.1 Å². The van der Waals surface area contributed by atoms with Gasteiger partial charge in [0.2, 0.25) is 0 Å². The number of hydrogen-bond acceptors (Lipinski definition) is 4. The van der Waals surface area contributed by atoms with Crippen LogP contribution >= 0.6 is 0 Å². The molecule has 0 aliphatic heterocycles. The standard InChI is InChI=1S/C15H22FNO3S/c1-3-20-10-15(9-17)13(14(15)21(18,19)4-2)11-5-7-12(16)8-6-11/h5-8,13-14H,3-4,9-10,17H2,1-2H3. The summed E-state index contributed by atoms with van der Waals surface area (Å²) < 4.78 is 43.3. The third kappa shape index (κ3) is 2.84. The first kappa shape index (κ1) is 16.4. The Labute approximate surface area is 125 Å². The van der Waals surface area contributed by atoms with Crippen LogP contribution in [0.2, 0.25) is 0 Å². The van der Waals surface area contributed by atoms with Gasteiger partial charge >= 0.3 is 0 Å². The Bertz CT molecular complexity index is 587. The van der Waals surface area contributed by atoms with Gasteiger partial charge in [0.05, 0.1) is 11.9 Å². The van der Waals surface area contributed by atoms with Gasteiger partial charge in [-0.3, -0.25) is 0 Å². The van der Waals surface area contributed by atoms with Crippen LogP contribution in [0.1, 0.15) is 25.3 Å². The van der Waals surface area contributed by atoms with Crippen LogP contribution in [0.3, 0.4) is 0 Å². The Morgan fingerprint density at radius 3 is 2.38 bits per heavy atom. The second kappa shape index (κ2) is 6.02. The third-order valence-electron chi connectivity index (χ3n) is 4.35. The Hall–Kier alpha value is -0.980. The zero-order chi connectivity index (χ0) is 15.7. The van der Waals surface area contributed by atoms with Crippen LogP contribution in [0.4, 0.5) is 4.39 Å². The molecule has 0 heterocycles. The molecule has 3 unspecified atom stereocenters. The van der Waals surface area contributed by atoms with Crippen molar-refractivity contribution in [1.82, 2.24) is 0 Å². The number of hydrogen-bond donors (Lipinski definition) is 1. The van der Waals surface area contributed by atoms with Crippen molar-refractivity contribution >= 4 is 9.84 Å². The molecule has 118 valence electrons. The van der Waals surface area contributed by atoms with E-state index in [-0.39, 0.29) is 24.0 Å². The van der Waals surface area contributed by atoms with Gasteiger partial charge in [0.25, 0.3) is 0 Å². The van der Waals surface area contributed by atoms with Crippen LogP contribution in [0.5, 0.6) is 0 Å². The predicted octanol–water partition coefficient (Wildman–Crippen LogP) is 1.71. The van der Waals surface area contributed by atoms with Crippen molar-refractivity contribution in [3.63, 3.8) is 0 Å². The summed E-state index contributed by atoms with van der Waals surface area (Å²) in [5.41, 5.74) is 6.10. The molecule has 1 aliphatic rings. The van der Waals surface area contributed by atoms with Crippen molar-refractivity contribution in [3.05, 3.63) is 35.6 Å². The first-order valence-electron chi connectivity index (χ1n) is 7.17. The Morgan fingerprint density at radius 1 is 1.29 bits per heavy atom. The van der Waals surface area contributed by atoms with Crippen molar-refractivity contribution in [2.24, 2.45) is 11.1 Å². The molecule has 2 rings (SSSR count). The highest BCUT2D eigenvalue weighted by Crippen LogP contribution is 2.62. The van der Waals surface area contributed by atoms with Crippen molar-refractivity contribution in [2.75, 3.05) is 25.5 Å². The highest BCUT2D eigenvalue weighted by atomic mass is 32.2. The molecular formula is C15H22FNO3S. The zero-order valence-electron chi connectivity index (χ0n) is 12.4. The molecule has 1 aliphatic carbocycles. The maximum absolute atomic E-state index is 13.1. The van der Waals surface area contributed by atoms with E-state index in [4.69, 9.17) is 10.5 Å². The average Bonchev–Trinajstić information content (AvgIpc) is 3.16. The molecule has 1 aromatic carbocycles. The fourth-order valence-electron chi connectivity index (χ4n) is 3.14. The highest BCUT2D eigenvalue weighted by molar-refractivity contribution is 7.92. The smallest absolute Gasteiger partial charge is 0.154 e. The molecule has 3 atom stereocenters. The molecule has 0 bridgehead atoms. The summed E-state index contributed by atoms with van der Waals surface area (Å²) in [4.78, 5) is 0. The topological polar surface area (TPSA) is 69.4 Å². The fraction of sp³-hybridized carbons (Fsp3) is 0.600. The van der Waals surface area contributed by atoms with Crippen molar-refractivity contribution in [2.45, 2.75) is 25.0 Å². The molecule has 6 heteroatoms. The summed E-state index contributed by atoms with van der Waals surface area (Å²) in [6, 6.07) is 5.99. The van der Waals surface area contributed by atoms with E-state index in [9.17, 15) is 12.8 Å². The SMILES string of the molecule is CCOCC1(CN)C(c2ccc(F)cc2)C1S(=O)(=O)CC. The van der Waals surface area contributed by atoms with Gasteiger partial charge in [-0.25, -0.2) is 12.8 Å². The van der Waals surface area contributed by atoms with Gasteiger partial charge in [-0.1, -0.05) is 19.1 Å². The summed E-state index contributed by atoms with van der Waals surface area (Å²) in [5.74, 6) is -0.486. The normalized spacial score (nSPS) is 28.6. The molecule has 0 saturated heterocycles. The maximum atomic E-state index is 13.1. The number of ether oxygens (including phenoxy) is 1. The molecule has 0 radical (unpaired) electrons. The number of nitrogens with two attached hydrogens (primary N) is 1. The Balaban J connectivity index is 2.38. The lowest BCUT2D eigenvalue weighted by molar-refractivity contribution is 0.101. The minimum absolute atomic E-state index is 0.0727. The number of halogens is 1. The maximum Gasteiger partial charge on any atom is 0.154 e. The zero-order valence-corrected chi connectivity index (χ0v) is 13.2. The molecule has 4 nitrogen and oxygen atoms in total. The number of sulfone groups is 1. The summed E-state index contributed by atoms with van der Waals surface area (Å²) in [5, 5.41) is -0.544. The van der Waals surface area contributed by atoms with Crippen LogP contribution in [0.25, 0.3) is 0 Å². The number of rotatable bonds is 7. The number of benzene rings is 1. The summed E-state index contributed by atoms with van der Waals surface area (Å²) >= 11 is 0. The van der Waals surface area contributed by atoms with Crippen LogP contribution in [-0.4, -0.2) is 39.2 Å². The highest BCUT2D eigenvalue weighted by Gasteiger charge is 2.69. The second-order valence-electron chi connectivity index (χ2n) is 5.48. The Morgan fingerprint density at radius 2 is 1.90 bits per heavy atom. The van der Waals surface area contributed by atoms with Gasteiger partial charge in [0.15, 0.2) is 9.84 Å². The molecule has 1 saturated carbocycles. The Kier molecular flexibility index (Phi) is 4.70. The van der Waals surface area contributed by atoms with Crippen LogP contribution in [0, 0.1) is 11.2 Å². The average molecular weight is 315 g/mol. The monoisotopic (exact) mass is 315 g/mol. The largest absolute Gasteiger partial charge is 0.381 e. The van der Waals surface area contributed by atoms with Crippen LogP contribution in [-0.2, 0) is 14.6 Å². The van der Waals surface area contributed by atoms with Gasteiger partial charge < -0.3 is 10.5 Å². The summed E-state index contributed by atoms with van der Waals surface area (Å²) in [6.45, 7) is 4.56. The van der Waals surface area contributed by atoms with Gasteiger partial charge in [-0.15, -0.1) is 0 Å².